The van der Waals surface area contributed by atoms with Crippen molar-refractivity contribution in [3.05, 3.63) is 66.7 Å². The summed E-state index contributed by atoms with van der Waals surface area (Å²) in [5.41, 5.74) is 4.17. The fourth-order valence-electron chi connectivity index (χ4n) is 3.00. The van der Waals surface area contributed by atoms with Crippen molar-refractivity contribution in [3.8, 4) is 11.1 Å². The molecule has 23 heavy (non-hydrogen) atoms. The lowest BCUT2D eigenvalue weighted by Crippen LogP contribution is -2.09. The number of aromatic nitrogens is 5. The standard InChI is InChI=1S/C18H17N5/c1-2-17(13-6-4-3-5-7-13)23-12-14(10-21-23)16-11-20-22-18-15(16)8-9-19-18/h3-12,17H,2H2,1H3,(H,19,22). The number of nitrogens with one attached hydrogen (secondary N) is 1. The third kappa shape index (κ3) is 2.40. The predicted molar refractivity (Wildman–Crippen MR) is 90.0 cm³/mol. The molecule has 5 nitrogen and oxygen atoms in total. The van der Waals surface area contributed by atoms with Crippen LogP contribution < -0.4 is 0 Å². The van der Waals surface area contributed by atoms with Gasteiger partial charge in [0, 0.05) is 28.9 Å². The average molecular weight is 303 g/mol. The lowest BCUT2D eigenvalue weighted by atomic mass is 10.0. The number of benzene rings is 1. The molecule has 0 fully saturated rings. The van der Waals surface area contributed by atoms with Crippen LogP contribution in [0.2, 0.25) is 0 Å². The van der Waals surface area contributed by atoms with Gasteiger partial charge in [-0.2, -0.15) is 10.2 Å². The molecule has 0 aliphatic rings. The summed E-state index contributed by atoms with van der Waals surface area (Å²) >= 11 is 0. The highest BCUT2D eigenvalue weighted by molar-refractivity contribution is 5.91. The topological polar surface area (TPSA) is 59.4 Å². The molecule has 0 saturated heterocycles. The zero-order valence-electron chi connectivity index (χ0n) is 12.8. The Morgan fingerprint density at radius 2 is 2.00 bits per heavy atom. The number of aromatic amines is 1. The summed E-state index contributed by atoms with van der Waals surface area (Å²) in [5, 5.41) is 13.8. The van der Waals surface area contributed by atoms with Gasteiger partial charge in [-0.05, 0) is 18.1 Å². The molecule has 0 aliphatic heterocycles. The molecule has 0 saturated carbocycles. The maximum absolute atomic E-state index is 4.59. The third-order valence-electron chi connectivity index (χ3n) is 4.16. The van der Waals surface area contributed by atoms with Crippen molar-refractivity contribution >= 4 is 11.0 Å². The van der Waals surface area contributed by atoms with Gasteiger partial charge in [0.2, 0.25) is 0 Å². The van der Waals surface area contributed by atoms with Crippen molar-refractivity contribution in [2.45, 2.75) is 19.4 Å². The largest absolute Gasteiger partial charge is 0.345 e. The molecule has 114 valence electrons. The van der Waals surface area contributed by atoms with Crippen LogP contribution in [-0.4, -0.2) is 25.0 Å². The number of rotatable bonds is 4. The Bertz CT molecular complexity index is 923. The quantitative estimate of drug-likeness (QED) is 0.623. The molecule has 0 aliphatic carbocycles. The minimum absolute atomic E-state index is 0.237. The molecule has 1 unspecified atom stereocenters. The Balaban J connectivity index is 1.75. The SMILES string of the molecule is CCC(c1ccccc1)n1cc(-c2cnnc3[nH]ccc23)cn1. The fraction of sp³-hybridized carbons (Fsp3) is 0.167. The number of hydrogen-bond acceptors (Lipinski definition) is 3. The number of fused-ring (bicyclic) bond motifs is 1. The van der Waals surface area contributed by atoms with E-state index in [2.05, 4.69) is 57.7 Å². The van der Waals surface area contributed by atoms with Gasteiger partial charge in [0.1, 0.15) is 0 Å². The second-order valence-electron chi connectivity index (χ2n) is 5.54. The van der Waals surface area contributed by atoms with Crippen molar-refractivity contribution in [1.82, 2.24) is 25.0 Å². The minimum atomic E-state index is 0.237. The van der Waals surface area contributed by atoms with Gasteiger partial charge in [0.15, 0.2) is 5.65 Å². The van der Waals surface area contributed by atoms with Gasteiger partial charge in [-0.3, -0.25) is 4.68 Å². The molecule has 4 aromatic rings. The highest BCUT2D eigenvalue weighted by atomic mass is 15.3. The molecular formula is C18H17N5. The zero-order valence-corrected chi connectivity index (χ0v) is 12.8. The Morgan fingerprint density at radius 3 is 2.83 bits per heavy atom. The van der Waals surface area contributed by atoms with Crippen LogP contribution >= 0.6 is 0 Å². The van der Waals surface area contributed by atoms with E-state index in [-0.39, 0.29) is 6.04 Å². The van der Waals surface area contributed by atoms with Gasteiger partial charge in [-0.1, -0.05) is 37.3 Å². The van der Waals surface area contributed by atoms with E-state index in [0.717, 1.165) is 28.6 Å². The smallest absolute Gasteiger partial charge is 0.160 e. The van der Waals surface area contributed by atoms with E-state index in [4.69, 9.17) is 0 Å². The zero-order chi connectivity index (χ0) is 15.6. The molecule has 3 heterocycles. The van der Waals surface area contributed by atoms with E-state index >= 15 is 0 Å². The van der Waals surface area contributed by atoms with E-state index in [1.165, 1.54) is 5.56 Å². The Morgan fingerprint density at radius 1 is 1.13 bits per heavy atom. The van der Waals surface area contributed by atoms with Gasteiger partial charge in [0.05, 0.1) is 18.4 Å². The van der Waals surface area contributed by atoms with Crippen LogP contribution in [0.1, 0.15) is 24.9 Å². The van der Waals surface area contributed by atoms with Crippen LogP contribution in [-0.2, 0) is 0 Å². The second-order valence-corrected chi connectivity index (χ2v) is 5.54. The van der Waals surface area contributed by atoms with Gasteiger partial charge < -0.3 is 4.98 Å². The molecule has 1 N–H and O–H groups in total. The summed E-state index contributed by atoms with van der Waals surface area (Å²) in [5.74, 6) is 0. The highest BCUT2D eigenvalue weighted by Crippen LogP contribution is 2.28. The van der Waals surface area contributed by atoms with Gasteiger partial charge in [-0.15, -0.1) is 5.10 Å². The molecule has 1 aromatic carbocycles. The van der Waals surface area contributed by atoms with Gasteiger partial charge in [-0.25, -0.2) is 0 Å². The van der Waals surface area contributed by atoms with Crippen LogP contribution in [0.25, 0.3) is 22.2 Å². The lowest BCUT2D eigenvalue weighted by Gasteiger charge is -2.15. The molecule has 3 aromatic heterocycles. The van der Waals surface area contributed by atoms with Crippen LogP contribution in [0.15, 0.2) is 61.2 Å². The third-order valence-corrected chi connectivity index (χ3v) is 4.16. The second kappa shape index (κ2) is 5.68. The maximum Gasteiger partial charge on any atom is 0.160 e. The Kier molecular flexibility index (Phi) is 3.38. The molecule has 0 spiro atoms. The van der Waals surface area contributed by atoms with Crippen LogP contribution in [0.3, 0.4) is 0 Å². The molecule has 0 amide bonds. The van der Waals surface area contributed by atoms with Gasteiger partial charge in [0.25, 0.3) is 0 Å². The number of hydrogen-bond donors (Lipinski definition) is 1. The average Bonchev–Trinajstić information content (AvgIpc) is 3.25. The number of nitrogens with zero attached hydrogens (tertiary/aromatic N) is 4. The summed E-state index contributed by atoms with van der Waals surface area (Å²) in [7, 11) is 0. The molecular weight excluding hydrogens is 286 g/mol. The highest BCUT2D eigenvalue weighted by Gasteiger charge is 2.14. The molecule has 1 atom stereocenters. The summed E-state index contributed by atoms with van der Waals surface area (Å²) < 4.78 is 2.03. The molecule has 5 heteroatoms. The van der Waals surface area contributed by atoms with Crippen molar-refractivity contribution in [1.29, 1.82) is 0 Å². The van der Waals surface area contributed by atoms with Crippen molar-refractivity contribution in [2.75, 3.05) is 0 Å². The van der Waals surface area contributed by atoms with Crippen molar-refractivity contribution < 1.29 is 0 Å². The van der Waals surface area contributed by atoms with Crippen molar-refractivity contribution in [3.63, 3.8) is 0 Å². The van der Waals surface area contributed by atoms with E-state index in [1.807, 2.05) is 29.2 Å². The maximum atomic E-state index is 4.59. The van der Waals surface area contributed by atoms with Crippen LogP contribution in [0, 0.1) is 0 Å². The Hall–Kier alpha value is -2.95. The summed E-state index contributed by atoms with van der Waals surface area (Å²) in [6.45, 7) is 2.18. The van der Waals surface area contributed by atoms with Crippen LogP contribution in [0.5, 0.6) is 0 Å². The van der Waals surface area contributed by atoms with E-state index in [9.17, 15) is 0 Å². The fourth-order valence-corrected chi connectivity index (χ4v) is 3.00. The first kappa shape index (κ1) is 13.7. The van der Waals surface area contributed by atoms with E-state index in [1.54, 1.807) is 6.20 Å². The minimum Gasteiger partial charge on any atom is -0.345 e. The Labute approximate surface area is 134 Å². The first-order valence-corrected chi connectivity index (χ1v) is 7.75. The molecule has 0 radical (unpaired) electrons. The van der Waals surface area contributed by atoms with Gasteiger partial charge >= 0.3 is 0 Å². The first-order chi connectivity index (χ1) is 11.4. The normalized spacial score (nSPS) is 12.6. The van der Waals surface area contributed by atoms with E-state index in [0.29, 0.717) is 0 Å². The van der Waals surface area contributed by atoms with Crippen LogP contribution in [0.4, 0.5) is 0 Å². The molecule has 4 rings (SSSR count). The number of H-pyrrole nitrogens is 1. The summed E-state index contributed by atoms with van der Waals surface area (Å²) in [6, 6.07) is 12.7. The van der Waals surface area contributed by atoms with Crippen molar-refractivity contribution in [2.24, 2.45) is 0 Å². The summed E-state index contributed by atoms with van der Waals surface area (Å²) in [6.07, 6.45) is 8.64. The first-order valence-electron chi connectivity index (χ1n) is 7.75. The summed E-state index contributed by atoms with van der Waals surface area (Å²) in [4.78, 5) is 3.10. The lowest BCUT2D eigenvalue weighted by molar-refractivity contribution is 0.509. The predicted octanol–water partition coefficient (Wildman–Crippen LogP) is 3.82. The van der Waals surface area contributed by atoms with E-state index < -0.39 is 0 Å². The molecule has 0 bridgehead atoms. The monoisotopic (exact) mass is 303 g/mol.